The predicted molar refractivity (Wildman–Crippen MR) is 76.6 cm³/mol. The zero-order valence-electron chi connectivity index (χ0n) is 10.1. The molecule has 0 saturated heterocycles. The minimum Gasteiger partial charge on any atom is -0.342 e. The first-order valence-corrected chi connectivity index (χ1v) is 6.50. The zero-order chi connectivity index (χ0) is 13.6. The highest BCUT2D eigenvalue weighted by atomic mass is 79.9. The van der Waals surface area contributed by atoms with Crippen LogP contribution >= 0.6 is 15.9 Å². The topological polar surface area (TPSA) is 32.3 Å². The summed E-state index contributed by atoms with van der Waals surface area (Å²) in [6.45, 7) is 0. The molecule has 0 atom stereocenters. The van der Waals surface area contributed by atoms with Crippen LogP contribution in [0.4, 0.5) is 21.5 Å². The van der Waals surface area contributed by atoms with E-state index in [0.717, 1.165) is 5.69 Å². The number of amides is 1. The Morgan fingerprint density at radius 2 is 1.95 bits per heavy atom. The van der Waals surface area contributed by atoms with Gasteiger partial charge in [-0.05, 0) is 24.3 Å². The van der Waals surface area contributed by atoms with Crippen molar-refractivity contribution in [2.24, 2.45) is 0 Å². The molecular weight excluding hydrogens is 311 g/mol. The molecule has 96 valence electrons. The number of anilines is 3. The van der Waals surface area contributed by atoms with Gasteiger partial charge in [0.1, 0.15) is 5.82 Å². The maximum Gasteiger partial charge on any atom is 0.260 e. The van der Waals surface area contributed by atoms with Gasteiger partial charge in [-0.3, -0.25) is 4.79 Å². The molecule has 0 unspecified atom stereocenters. The van der Waals surface area contributed by atoms with E-state index >= 15 is 0 Å². The fourth-order valence-electron chi connectivity index (χ4n) is 2.24. The summed E-state index contributed by atoms with van der Waals surface area (Å²) in [5.41, 5.74) is 2.09. The Kier molecular flexibility index (Phi) is 2.78. The van der Waals surface area contributed by atoms with Gasteiger partial charge in [-0.15, -0.1) is 0 Å². The van der Waals surface area contributed by atoms with Crippen LogP contribution in [0, 0.1) is 5.82 Å². The highest BCUT2D eigenvalue weighted by Crippen LogP contribution is 2.38. The predicted octanol–water partition coefficient (Wildman–Crippen LogP) is 3.92. The van der Waals surface area contributed by atoms with Crippen LogP contribution in [0.25, 0.3) is 0 Å². The molecule has 0 aromatic heterocycles. The van der Waals surface area contributed by atoms with Crippen LogP contribution in [0.1, 0.15) is 10.4 Å². The van der Waals surface area contributed by atoms with Crippen molar-refractivity contribution in [1.82, 2.24) is 0 Å². The Hall–Kier alpha value is -1.88. The second-order valence-electron chi connectivity index (χ2n) is 4.31. The average molecular weight is 321 g/mol. The molecule has 5 heteroatoms. The molecule has 0 bridgehead atoms. The summed E-state index contributed by atoms with van der Waals surface area (Å²) in [6.07, 6.45) is 0. The Balaban J connectivity index is 2.30. The zero-order valence-corrected chi connectivity index (χ0v) is 11.7. The molecule has 0 spiro atoms. The Morgan fingerprint density at radius 3 is 2.74 bits per heavy atom. The molecule has 1 N–H and O–H groups in total. The second kappa shape index (κ2) is 4.35. The van der Waals surface area contributed by atoms with Crippen molar-refractivity contribution in [2.45, 2.75) is 0 Å². The maximum atomic E-state index is 14.0. The number of hydrogen-bond donors (Lipinski definition) is 1. The maximum absolute atomic E-state index is 14.0. The molecule has 0 fully saturated rings. The number of para-hydroxylation sites is 2. The molecule has 1 aliphatic heterocycles. The summed E-state index contributed by atoms with van der Waals surface area (Å²) in [7, 11) is 1.81. The van der Waals surface area contributed by atoms with E-state index < -0.39 is 11.7 Å². The second-order valence-corrected chi connectivity index (χ2v) is 5.23. The summed E-state index contributed by atoms with van der Waals surface area (Å²) in [6, 6.07) is 10.4. The van der Waals surface area contributed by atoms with Crippen molar-refractivity contribution in [2.75, 3.05) is 17.3 Å². The first-order valence-electron chi connectivity index (χ1n) is 5.71. The van der Waals surface area contributed by atoms with Crippen LogP contribution in [0.5, 0.6) is 0 Å². The lowest BCUT2D eigenvalue weighted by molar-refractivity contribution is 0.102. The van der Waals surface area contributed by atoms with Gasteiger partial charge in [0.2, 0.25) is 0 Å². The SMILES string of the molecule is CN1c2ccccc2NC(=O)c2c(F)cc(Br)cc21. The average Bonchev–Trinajstić information content (AvgIpc) is 2.46. The fourth-order valence-corrected chi connectivity index (χ4v) is 2.65. The number of halogens is 2. The minimum atomic E-state index is -0.540. The number of nitrogens with one attached hydrogen (secondary N) is 1. The van der Waals surface area contributed by atoms with E-state index in [-0.39, 0.29) is 5.56 Å². The molecule has 2 aromatic rings. The molecule has 1 aliphatic rings. The normalized spacial score (nSPS) is 13.4. The van der Waals surface area contributed by atoms with Gasteiger partial charge in [-0.1, -0.05) is 28.1 Å². The van der Waals surface area contributed by atoms with Gasteiger partial charge in [-0.2, -0.15) is 0 Å². The Labute approximate surface area is 118 Å². The van der Waals surface area contributed by atoms with E-state index in [1.807, 2.05) is 25.2 Å². The first kappa shape index (κ1) is 12.2. The van der Waals surface area contributed by atoms with Gasteiger partial charge in [0.15, 0.2) is 0 Å². The third-order valence-electron chi connectivity index (χ3n) is 3.14. The Morgan fingerprint density at radius 1 is 1.21 bits per heavy atom. The van der Waals surface area contributed by atoms with Crippen molar-refractivity contribution in [3.63, 3.8) is 0 Å². The van der Waals surface area contributed by atoms with E-state index in [2.05, 4.69) is 21.2 Å². The molecule has 19 heavy (non-hydrogen) atoms. The summed E-state index contributed by atoms with van der Waals surface area (Å²) in [5, 5.41) is 2.73. The van der Waals surface area contributed by atoms with E-state index in [9.17, 15) is 9.18 Å². The van der Waals surface area contributed by atoms with Gasteiger partial charge >= 0.3 is 0 Å². The van der Waals surface area contributed by atoms with Crippen LogP contribution in [-0.4, -0.2) is 13.0 Å². The highest BCUT2D eigenvalue weighted by Gasteiger charge is 2.26. The largest absolute Gasteiger partial charge is 0.342 e. The van der Waals surface area contributed by atoms with E-state index in [0.29, 0.717) is 15.8 Å². The molecule has 3 nitrogen and oxygen atoms in total. The van der Waals surface area contributed by atoms with Crippen LogP contribution < -0.4 is 10.2 Å². The summed E-state index contributed by atoms with van der Waals surface area (Å²) in [5.74, 6) is -0.974. The fraction of sp³-hybridized carbons (Fsp3) is 0.0714. The van der Waals surface area contributed by atoms with Crippen LogP contribution in [-0.2, 0) is 0 Å². The molecular formula is C14H10BrFN2O. The molecule has 0 saturated carbocycles. The number of benzene rings is 2. The van der Waals surface area contributed by atoms with Gasteiger partial charge < -0.3 is 10.2 Å². The third kappa shape index (κ3) is 1.90. The Bertz CT molecular complexity index is 687. The van der Waals surface area contributed by atoms with Crippen molar-refractivity contribution in [1.29, 1.82) is 0 Å². The summed E-state index contributed by atoms with van der Waals surface area (Å²) < 4.78 is 14.6. The lowest BCUT2D eigenvalue weighted by atomic mass is 10.1. The van der Waals surface area contributed by atoms with E-state index in [4.69, 9.17) is 0 Å². The molecule has 0 aliphatic carbocycles. The highest BCUT2D eigenvalue weighted by molar-refractivity contribution is 9.10. The van der Waals surface area contributed by atoms with E-state index in [1.54, 1.807) is 17.0 Å². The van der Waals surface area contributed by atoms with Crippen molar-refractivity contribution in [3.8, 4) is 0 Å². The minimum absolute atomic E-state index is 0.0573. The molecule has 1 amide bonds. The number of carbonyl (C=O) groups excluding carboxylic acids is 1. The van der Waals surface area contributed by atoms with Crippen LogP contribution in [0.3, 0.4) is 0 Å². The number of nitrogens with zero attached hydrogens (tertiary/aromatic N) is 1. The number of rotatable bonds is 0. The summed E-state index contributed by atoms with van der Waals surface area (Å²) in [4.78, 5) is 14.0. The number of fused-ring (bicyclic) bond motifs is 2. The number of hydrogen-bond acceptors (Lipinski definition) is 2. The quantitative estimate of drug-likeness (QED) is 0.797. The molecule has 2 aromatic carbocycles. The van der Waals surface area contributed by atoms with Gasteiger partial charge in [0.05, 0.1) is 22.6 Å². The third-order valence-corrected chi connectivity index (χ3v) is 3.59. The van der Waals surface area contributed by atoms with Crippen molar-refractivity contribution in [3.05, 3.63) is 52.3 Å². The van der Waals surface area contributed by atoms with Gasteiger partial charge in [-0.25, -0.2) is 4.39 Å². The van der Waals surface area contributed by atoms with Gasteiger partial charge in [0.25, 0.3) is 5.91 Å². The molecule has 0 radical (unpaired) electrons. The van der Waals surface area contributed by atoms with Gasteiger partial charge in [0, 0.05) is 11.5 Å². The lowest BCUT2D eigenvalue weighted by Gasteiger charge is -2.20. The van der Waals surface area contributed by atoms with Crippen molar-refractivity contribution < 1.29 is 9.18 Å². The lowest BCUT2D eigenvalue weighted by Crippen LogP contribution is -2.14. The van der Waals surface area contributed by atoms with Crippen molar-refractivity contribution >= 4 is 38.9 Å². The van der Waals surface area contributed by atoms with Crippen LogP contribution in [0.2, 0.25) is 0 Å². The standard InChI is InChI=1S/C14H10BrFN2O/c1-18-11-5-3-2-4-10(11)17-14(19)13-9(16)6-8(15)7-12(13)18/h2-7H,1H3,(H,17,19). The smallest absolute Gasteiger partial charge is 0.260 e. The monoisotopic (exact) mass is 320 g/mol. The van der Waals surface area contributed by atoms with Crippen LogP contribution in [0.15, 0.2) is 40.9 Å². The van der Waals surface area contributed by atoms with E-state index in [1.165, 1.54) is 6.07 Å². The first-order chi connectivity index (χ1) is 9.08. The molecule has 1 heterocycles. The summed E-state index contributed by atoms with van der Waals surface area (Å²) >= 11 is 3.26. The number of carbonyl (C=O) groups is 1. The molecule has 3 rings (SSSR count).